The smallest absolute Gasteiger partial charge is 0.337 e. The minimum Gasteiger partial charge on any atom is -0.465 e. The summed E-state index contributed by atoms with van der Waals surface area (Å²) in [7, 11) is 1.31. The van der Waals surface area contributed by atoms with Gasteiger partial charge in [-0.1, -0.05) is 16.9 Å². The van der Waals surface area contributed by atoms with Gasteiger partial charge >= 0.3 is 5.97 Å². The van der Waals surface area contributed by atoms with Crippen LogP contribution in [0.1, 0.15) is 47.1 Å². The highest BCUT2D eigenvalue weighted by atomic mass is 32.2. The third-order valence-corrected chi connectivity index (χ3v) is 6.00. The van der Waals surface area contributed by atoms with Gasteiger partial charge in [0, 0.05) is 6.61 Å². The maximum atomic E-state index is 13.3. The molecule has 0 amide bonds. The van der Waals surface area contributed by atoms with Crippen LogP contribution in [0.2, 0.25) is 0 Å². The van der Waals surface area contributed by atoms with E-state index in [9.17, 15) is 9.59 Å². The van der Waals surface area contributed by atoms with Crippen molar-refractivity contribution in [1.82, 2.24) is 19.7 Å². The summed E-state index contributed by atoms with van der Waals surface area (Å²) in [4.78, 5) is 34.2. The van der Waals surface area contributed by atoms with Gasteiger partial charge in [-0.25, -0.2) is 9.78 Å². The molecule has 30 heavy (non-hydrogen) atoms. The van der Waals surface area contributed by atoms with Gasteiger partial charge in [0.1, 0.15) is 0 Å². The van der Waals surface area contributed by atoms with Crippen molar-refractivity contribution in [2.24, 2.45) is 0 Å². The van der Waals surface area contributed by atoms with Crippen molar-refractivity contribution in [2.45, 2.75) is 49.7 Å². The predicted octanol–water partition coefficient (Wildman–Crippen LogP) is 2.91. The zero-order valence-corrected chi connectivity index (χ0v) is 17.8. The van der Waals surface area contributed by atoms with Crippen LogP contribution in [0, 0.1) is 6.92 Å². The lowest BCUT2D eigenvalue weighted by molar-refractivity contribution is 0.0601. The van der Waals surface area contributed by atoms with E-state index in [1.54, 1.807) is 29.7 Å². The third kappa shape index (κ3) is 4.10. The van der Waals surface area contributed by atoms with Gasteiger partial charge in [0.25, 0.3) is 5.56 Å². The van der Waals surface area contributed by atoms with Crippen LogP contribution >= 0.6 is 11.8 Å². The summed E-state index contributed by atoms with van der Waals surface area (Å²) in [5.74, 6) is 0.522. The van der Waals surface area contributed by atoms with E-state index in [0.29, 0.717) is 46.5 Å². The standard InChI is InChI=1S/C20H22N4O5S/c1-11(17-21-12(2)23-29-17)30-20-22-16-9-13(19(26)27-3)6-7-15(16)18(25)24(20)10-14-5-4-8-28-14/h6-7,9,11,14H,4-5,8,10H2,1-3H3/t11-,14+/m0/s1. The Morgan fingerprint density at radius 2 is 2.23 bits per heavy atom. The number of nitrogens with zero attached hydrogens (tertiary/aromatic N) is 4. The monoisotopic (exact) mass is 430 g/mol. The summed E-state index contributed by atoms with van der Waals surface area (Å²) in [6.45, 7) is 4.77. The average molecular weight is 430 g/mol. The minimum atomic E-state index is -0.480. The lowest BCUT2D eigenvalue weighted by Gasteiger charge is -2.17. The fourth-order valence-corrected chi connectivity index (χ4v) is 4.32. The number of aryl methyl sites for hydroxylation is 1. The number of hydrogen-bond acceptors (Lipinski definition) is 9. The zero-order valence-electron chi connectivity index (χ0n) is 17.0. The van der Waals surface area contributed by atoms with Gasteiger partial charge in [-0.2, -0.15) is 4.98 Å². The molecule has 0 bridgehead atoms. The number of esters is 1. The van der Waals surface area contributed by atoms with E-state index in [1.165, 1.54) is 18.9 Å². The van der Waals surface area contributed by atoms with Crippen molar-refractivity contribution in [1.29, 1.82) is 0 Å². The first-order chi connectivity index (χ1) is 14.5. The van der Waals surface area contributed by atoms with Crippen molar-refractivity contribution in [3.8, 4) is 0 Å². The SMILES string of the molecule is COC(=O)c1ccc2c(=O)n(C[C@H]3CCCO3)c(S[C@@H](C)c3nc(C)no3)nc2c1. The lowest BCUT2D eigenvalue weighted by atomic mass is 10.1. The predicted molar refractivity (Wildman–Crippen MR) is 110 cm³/mol. The minimum absolute atomic E-state index is 0.0309. The molecular weight excluding hydrogens is 408 g/mol. The molecule has 1 saturated heterocycles. The molecule has 1 aromatic carbocycles. The molecule has 0 spiro atoms. The molecule has 0 unspecified atom stereocenters. The number of fused-ring (bicyclic) bond motifs is 1. The zero-order chi connectivity index (χ0) is 21.3. The van der Waals surface area contributed by atoms with E-state index in [0.717, 1.165) is 12.8 Å². The normalized spacial score (nSPS) is 17.4. The molecule has 0 N–H and O–H groups in total. The summed E-state index contributed by atoms with van der Waals surface area (Å²) < 4.78 is 17.4. The highest BCUT2D eigenvalue weighted by molar-refractivity contribution is 7.99. The van der Waals surface area contributed by atoms with E-state index in [2.05, 4.69) is 10.1 Å². The number of methoxy groups -OCH3 is 1. The Hall–Kier alpha value is -2.72. The molecule has 4 rings (SSSR count). The maximum absolute atomic E-state index is 13.3. The van der Waals surface area contributed by atoms with Gasteiger partial charge in [-0.15, -0.1) is 0 Å². The highest BCUT2D eigenvalue weighted by Gasteiger charge is 2.23. The molecule has 0 saturated carbocycles. The molecule has 1 aliphatic heterocycles. The van der Waals surface area contributed by atoms with Crippen LogP contribution in [0.5, 0.6) is 0 Å². The summed E-state index contributed by atoms with van der Waals surface area (Å²) >= 11 is 1.35. The summed E-state index contributed by atoms with van der Waals surface area (Å²) in [5.41, 5.74) is 0.594. The fourth-order valence-electron chi connectivity index (χ4n) is 3.38. The van der Waals surface area contributed by atoms with Crippen LogP contribution in [0.3, 0.4) is 0 Å². The van der Waals surface area contributed by atoms with E-state index < -0.39 is 5.97 Å². The Bertz CT molecular complexity index is 1140. The largest absolute Gasteiger partial charge is 0.465 e. The Kier molecular flexibility index (Phi) is 5.87. The average Bonchev–Trinajstić information content (AvgIpc) is 3.41. The molecule has 0 aliphatic carbocycles. The van der Waals surface area contributed by atoms with Crippen molar-refractivity contribution >= 4 is 28.6 Å². The summed E-state index contributed by atoms with van der Waals surface area (Å²) in [6, 6.07) is 4.76. The molecule has 1 fully saturated rings. The van der Waals surface area contributed by atoms with Crippen LogP contribution in [0.15, 0.2) is 32.7 Å². The molecule has 2 atom stereocenters. The first kappa shape index (κ1) is 20.5. The van der Waals surface area contributed by atoms with Crippen LogP contribution in [0.4, 0.5) is 0 Å². The number of hydrogen-bond donors (Lipinski definition) is 0. The van der Waals surface area contributed by atoms with Gasteiger partial charge < -0.3 is 14.0 Å². The lowest BCUT2D eigenvalue weighted by Crippen LogP contribution is -2.29. The number of aromatic nitrogens is 4. The number of rotatable bonds is 6. The van der Waals surface area contributed by atoms with Crippen LogP contribution in [0.25, 0.3) is 10.9 Å². The van der Waals surface area contributed by atoms with Crippen molar-refractivity contribution in [2.75, 3.05) is 13.7 Å². The topological polar surface area (TPSA) is 109 Å². The molecule has 0 radical (unpaired) electrons. The fraction of sp³-hybridized carbons (Fsp3) is 0.450. The number of benzene rings is 1. The molecule has 3 heterocycles. The molecule has 1 aliphatic rings. The second-order valence-electron chi connectivity index (χ2n) is 7.11. The summed E-state index contributed by atoms with van der Waals surface area (Å²) in [5, 5.41) is 4.56. The van der Waals surface area contributed by atoms with E-state index in [4.69, 9.17) is 19.0 Å². The third-order valence-electron chi connectivity index (χ3n) is 4.92. The van der Waals surface area contributed by atoms with Gasteiger partial charge in [-0.05, 0) is 44.9 Å². The molecule has 10 heteroatoms. The number of carbonyl (C=O) groups excluding carboxylic acids is 1. The summed E-state index contributed by atoms with van der Waals surface area (Å²) in [6.07, 6.45) is 1.84. The van der Waals surface area contributed by atoms with Crippen molar-refractivity contribution < 1.29 is 18.8 Å². The van der Waals surface area contributed by atoms with Gasteiger partial charge in [0.15, 0.2) is 11.0 Å². The number of carbonyl (C=O) groups is 1. The van der Waals surface area contributed by atoms with Crippen LogP contribution < -0.4 is 5.56 Å². The Morgan fingerprint density at radius 1 is 1.40 bits per heavy atom. The maximum Gasteiger partial charge on any atom is 0.337 e. The molecule has 158 valence electrons. The van der Waals surface area contributed by atoms with E-state index >= 15 is 0 Å². The van der Waals surface area contributed by atoms with Gasteiger partial charge in [-0.3, -0.25) is 9.36 Å². The van der Waals surface area contributed by atoms with Crippen LogP contribution in [-0.4, -0.2) is 45.5 Å². The van der Waals surface area contributed by atoms with Gasteiger partial charge in [0.05, 0.1) is 41.5 Å². The second-order valence-corrected chi connectivity index (χ2v) is 8.42. The Labute approximate surface area is 176 Å². The number of ether oxygens (including phenoxy) is 2. The van der Waals surface area contributed by atoms with E-state index in [-0.39, 0.29) is 16.9 Å². The molecule has 3 aromatic rings. The van der Waals surface area contributed by atoms with Crippen molar-refractivity contribution in [3.63, 3.8) is 0 Å². The quantitative estimate of drug-likeness (QED) is 0.331. The first-order valence-corrected chi connectivity index (χ1v) is 10.6. The Morgan fingerprint density at radius 3 is 2.90 bits per heavy atom. The van der Waals surface area contributed by atoms with E-state index in [1.807, 2.05) is 6.92 Å². The van der Waals surface area contributed by atoms with Crippen molar-refractivity contribution in [3.05, 3.63) is 45.8 Å². The molecular formula is C20H22N4O5S. The second kappa shape index (κ2) is 8.57. The Balaban J connectivity index is 1.78. The molecule has 2 aromatic heterocycles. The van der Waals surface area contributed by atoms with Crippen LogP contribution in [-0.2, 0) is 16.0 Å². The molecule has 9 nitrogen and oxygen atoms in total. The highest BCUT2D eigenvalue weighted by Crippen LogP contribution is 2.33. The first-order valence-electron chi connectivity index (χ1n) is 9.67. The number of thioether (sulfide) groups is 1. The van der Waals surface area contributed by atoms with Gasteiger partial charge in [0.2, 0.25) is 5.89 Å².